The molecule has 0 aromatic carbocycles. The first-order chi connectivity index (χ1) is 8.04. The first kappa shape index (κ1) is 14.4. The van der Waals surface area contributed by atoms with Crippen LogP contribution in [0, 0.1) is 5.92 Å². The maximum atomic E-state index is 11.8. The first-order valence-corrected chi connectivity index (χ1v) is 6.34. The van der Waals surface area contributed by atoms with Crippen molar-refractivity contribution in [3.8, 4) is 0 Å². The van der Waals surface area contributed by atoms with Crippen LogP contribution in [0.15, 0.2) is 0 Å². The number of morpholine rings is 1. The Morgan fingerprint density at radius 3 is 2.88 bits per heavy atom. The molecule has 1 amide bonds. The summed E-state index contributed by atoms with van der Waals surface area (Å²) in [6.07, 6.45) is -0.895. The highest BCUT2D eigenvalue weighted by Gasteiger charge is 2.26. The van der Waals surface area contributed by atoms with Crippen molar-refractivity contribution in [2.24, 2.45) is 5.92 Å². The summed E-state index contributed by atoms with van der Waals surface area (Å²) in [6.45, 7) is 9.26. The summed E-state index contributed by atoms with van der Waals surface area (Å²) < 4.78 is 5.43. The van der Waals surface area contributed by atoms with Crippen molar-refractivity contribution in [3.05, 3.63) is 0 Å². The Morgan fingerprint density at radius 2 is 2.29 bits per heavy atom. The van der Waals surface area contributed by atoms with E-state index in [4.69, 9.17) is 4.74 Å². The highest BCUT2D eigenvalue weighted by atomic mass is 16.5. The molecule has 2 unspecified atom stereocenters. The summed E-state index contributed by atoms with van der Waals surface area (Å²) in [7, 11) is 0. The van der Waals surface area contributed by atoms with Gasteiger partial charge in [0.05, 0.1) is 12.7 Å². The number of hydrogen-bond acceptors (Lipinski definition) is 4. The normalized spacial score (nSPS) is 23.7. The van der Waals surface area contributed by atoms with E-state index in [1.165, 1.54) is 0 Å². The molecule has 0 bridgehead atoms. The maximum absolute atomic E-state index is 11.8. The van der Waals surface area contributed by atoms with Crippen molar-refractivity contribution in [1.82, 2.24) is 10.2 Å². The molecule has 1 aliphatic rings. The molecular formula is C12H24N2O3. The molecular weight excluding hydrogens is 220 g/mol. The molecule has 1 rings (SSSR count). The average Bonchev–Trinajstić information content (AvgIpc) is 2.35. The maximum Gasteiger partial charge on any atom is 0.250 e. The van der Waals surface area contributed by atoms with Crippen LogP contribution in [0.4, 0.5) is 0 Å². The molecule has 100 valence electrons. The molecule has 17 heavy (non-hydrogen) atoms. The fourth-order valence-corrected chi connectivity index (χ4v) is 1.70. The number of likely N-dealkylation sites (N-methyl/N-ethyl adjacent to an activating group) is 1. The van der Waals surface area contributed by atoms with Crippen LogP contribution in [0.25, 0.3) is 0 Å². The van der Waals surface area contributed by atoms with E-state index in [2.05, 4.69) is 17.1 Å². The van der Waals surface area contributed by atoms with E-state index in [1.807, 2.05) is 13.8 Å². The van der Waals surface area contributed by atoms with Crippen molar-refractivity contribution in [1.29, 1.82) is 0 Å². The summed E-state index contributed by atoms with van der Waals surface area (Å²) in [5, 5.41) is 12.3. The Hall–Kier alpha value is -0.650. The number of aliphatic hydroxyl groups is 1. The summed E-state index contributed by atoms with van der Waals surface area (Å²) in [6, 6.07) is 0. The molecule has 0 radical (unpaired) electrons. The van der Waals surface area contributed by atoms with E-state index in [0.29, 0.717) is 19.7 Å². The second-order valence-corrected chi connectivity index (χ2v) is 4.81. The summed E-state index contributed by atoms with van der Waals surface area (Å²) in [5.41, 5.74) is 0. The summed E-state index contributed by atoms with van der Waals surface area (Å²) in [4.78, 5) is 14.0. The van der Waals surface area contributed by atoms with Crippen molar-refractivity contribution in [3.63, 3.8) is 0 Å². The lowest BCUT2D eigenvalue weighted by Gasteiger charge is -2.31. The van der Waals surface area contributed by atoms with Gasteiger partial charge in [-0.3, -0.25) is 9.69 Å². The minimum absolute atomic E-state index is 0.122. The summed E-state index contributed by atoms with van der Waals surface area (Å²) >= 11 is 0. The minimum Gasteiger partial charge on any atom is -0.391 e. The Bertz CT molecular complexity index is 246. The fraction of sp³-hybridized carbons (Fsp3) is 0.917. The highest BCUT2D eigenvalue weighted by Crippen LogP contribution is 2.05. The van der Waals surface area contributed by atoms with E-state index < -0.39 is 12.2 Å². The SMILES string of the molecule is CCN1CCOC(C(=O)NCC(O)C(C)C)C1. The van der Waals surface area contributed by atoms with Crippen LogP contribution in [0.3, 0.4) is 0 Å². The molecule has 0 spiro atoms. The van der Waals surface area contributed by atoms with Crippen LogP contribution < -0.4 is 5.32 Å². The Labute approximate surface area is 103 Å². The molecule has 1 fully saturated rings. The van der Waals surface area contributed by atoms with Gasteiger partial charge in [-0.05, 0) is 12.5 Å². The molecule has 2 N–H and O–H groups in total. The third-order valence-electron chi connectivity index (χ3n) is 3.15. The molecule has 5 heteroatoms. The zero-order valence-corrected chi connectivity index (χ0v) is 11.0. The minimum atomic E-state index is -0.496. The van der Waals surface area contributed by atoms with Crippen LogP contribution >= 0.6 is 0 Å². The van der Waals surface area contributed by atoms with Gasteiger partial charge in [-0.2, -0.15) is 0 Å². The van der Waals surface area contributed by atoms with Gasteiger partial charge < -0.3 is 15.2 Å². The third kappa shape index (κ3) is 4.61. The number of nitrogens with zero attached hydrogens (tertiary/aromatic N) is 1. The van der Waals surface area contributed by atoms with Gasteiger partial charge >= 0.3 is 0 Å². The van der Waals surface area contributed by atoms with Crippen molar-refractivity contribution >= 4 is 5.91 Å². The number of carbonyl (C=O) groups excluding carboxylic acids is 1. The van der Waals surface area contributed by atoms with E-state index >= 15 is 0 Å². The smallest absolute Gasteiger partial charge is 0.250 e. The molecule has 5 nitrogen and oxygen atoms in total. The van der Waals surface area contributed by atoms with Gasteiger partial charge in [-0.1, -0.05) is 20.8 Å². The number of aliphatic hydroxyl groups excluding tert-OH is 1. The van der Waals surface area contributed by atoms with Gasteiger partial charge in [0.25, 0.3) is 5.91 Å². The lowest BCUT2D eigenvalue weighted by molar-refractivity contribution is -0.138. The monoisotopic (exact) mass is 244 g/mol. The lowest BCUT2D eigenvalue weighted by Crippen LogP contribution is -2.50. The predicted molar refractivity (Wildman–Crippen MR) is 65.7 cm³/mol. The molecule has 0 aromatic rings. The molecule has 1 saturated heterocycles. The van der Waals surface area contributed by atoms with Crippen LogP contribution in [-0.2, 0) is 9.53 Å². The second kappa shape index (κ2) is 6.93. The second-order valence-electron chi connectivity index (χ2n) is 4.81. The number of hydrogen-bond donors (Lipinski definition) is 2. The molecule has 1 aliphatic heterocycles. The molecule has 0 aliphatic carbocycles. The zero-order valence-electron chi connectivity index (χ0n) is 11.0. The van der Waals surface area contributed by atoms with Crippen LogP contribution in [0.5, 0.6) is 0 Å². The van der Waals surface area contributed by atoms with E-state index in [1.54, 1.807) is 0 Å². The number of nitrogens with one attached hydrogen (secondary N) is 1. The topological polar surface area (TPSA) is 61.8 Å². The Balaban J connectivity index is 2.32. The number of carbonyl (C=O) groups is 1. The van der Waals surface area contributed by atoms with E-state index in [9.17, 15) is 9.90 Å². The van der Waals surface area contributed by atoms with Gasteiger partial charge in [-0.25, -0.2) is 0 Å². The zero-order chi connectivity index (χ0) is 12.8. The number of rotatable bonds is 5. The number of ether oxygens (including phenoxy) is 1. The van der Waals surface area contributed by atoms with E-state index in [0.717, 1.165) is 13.1 Å². The standard InChI is InChI=1S/C12H24N2O3/c1-4-14-5-6-17-11(8-14)12(16)13-7-10(15)9(2)3/h9-11,15H,4-8H2,1-3H3,(H,13,16). The fourth-order valence-electron chi connectivity index (χ4n) is 1.70. The van der Waals surface area contributed by atoms with Gasteiger partial charge in [0.2, 0.25) is 0 Å². The Kier molecular flexibility index (Phi) is 5.88. The van der Waals surface area contributed by atoms with E-state index in [-0.39, 0.29) is 11.8 Å². The van der Waals surface area contributed by atoms with Crippen LogP contribution in [0.1, 0.15) is 20.8 Å². The molecule has 0 saturated carbocycles. The highest BCUT2D eigenvalue weighted by molar-refractivity contribution is 5.81. The molecule has 1 heterocycles. The average molecular weight is 244 g/mol. The Morgan fingerprint density at radius 1 is 1.59 bits per heavy atom. The summed E-state index contributed by atoms with van der Waals surface area (Å²) in [5.74, 6) is 0.0255. The van der Waals surface area contributed by atoms with Crippen molar-refractivity contribution in [2.75, 3.05) is 32.8 Å². The lowest BCUT2D eigenvalue weighted by atomic mass is 10.1. The third-order valence-corrected chi connectivity index (χ3v) is 3.15. The van der Waals surface area contributed by atoms with Crippen LogP contribution in [0.2, 0.25) is 0 Å². The quantitative estimate of drug-likeness (QED) is 0.705. The van der Waals surface area contributed by atoms with Crippen molar-refractivity contribution < 1.29 is 14.6 Å². The molecule has 2 atom stereocenters. The van der Waals surface area contributed by atoms with Crippen LogP contribution in [-0.4, -0.2) is 60.9 Å². The van der Waals surface area contributed by atoms with Gasteiger partial charge in [-0.15, -0.1) is 0 Å². The van der Waals surface area contributed by atoms with Gasteiger partial charge in [0.15, 0.2) is 0 Å². The predicted octanol–water partition coefficient (Wildman–Crippen LogP) is -0.160. The van der Waals surface area contributed by atoms with Gasteiger partial charge in [0, 0.05) is 19.6 Å². The largest absolute Gasteiger partial charge is 0.391 e. The first-order valence-electron chi connectivity index (χ1n) is 6.34. The van der Waals surface area contributed by atoms with Crippen molar-refractivity contribution in [2.45, 2.75) is 33.0 Å². The number of amides is 1. The van der Waals surface area contributed by atoms with Gasteiger partial charge in [0.1, 0.15) is 6.10 Å². The molecule has 0 aromatic heterocycles.